The van der Waals surface area contributed by atoms with Crippen molar-refractivity contribution < 1.29 is 4.79 Å². The van der Waals surface area contributed by atoms with Gasteiger partial charge in [0.2, 0.25) is 0 Å². The number of rotatable bonds is 4. The molecule has 5 nitrogen and oxygen atoms in total. The van der Waals surface area contributed by atoms with E-state index < -0.39 is 0 Å². The number of alkyl halides is 1. The molecule has 1 heterocycles. The Labute approximate surface area is 92.1 Å². The first-order valence-corrected chi connectivity index (χ1v) is 5.13. The molecule has 82 valence electrons. The van der Waals surface area contributed by atoms with Gasteiger partial charge in [-0.25, -0.2) is 5.10 Å². The van der Waals surface area contributed by atoms with Crippen LogP contribution in [0.4, 0.5) is 0 Å². The molecule has 1 amide bonds. The molecule has 0 radical (unpaired) electrons. The minimum absolute atomic E-state index is 0.224. The first-order chi connectivity index (χ1) is 7.19. The number of nitrogens with zero attached hydrogens (tertiary/aromatic N) is 2. The van der Waals surface area contributed by atoms with Crippen molar-refractivity contribution in [2.24, 2.45) is 0 Å². The highest BCUT2D eigenvalue weighted by Gasteiger charge is 2.14. The number of amides is 1. The number of aromatic nitrogens is 2. The molecule has 0 spiro atoms. The molecule has 0 saturated heterocycles. The maximum atomic E-state index is 11.8. The summed E-state index contributed by atoms with van der Waals surface area (Å²) in [5, 5.41) is 5.87. The SMILES string of the molecule is CCN(CCCl)C(=O)c1ccc(=O)[nH]n1. The molecule has 6 heteroatoms. The largest absolute Gasteiger partial charge is 0.336 e. The molecule has 0 aliphatic rings. The van der Waals surface area contributed by atoms with Crippen LogP contribution < -0.4 is 5.56 Å². The molecular weight excluding hydrogens is 218 g/mol. The number of carbonyl (C=O) groups excluding carboxylic acids is 1. The number of H-pyrrole nitrogens is 1. The van der Waals surface area contributed by atoms with E-state index in [1.165, 1.54) is 12.1 Å². The van der Waals surface area contributed by atoms with Gasteiger partial charge in [0, 0.05) is 25.0 Å². The fraction of sp³-hybridized carbons (Fsp3) is 0.444. The average Bonchev–Trinajstić information content (AvgIpc) is 2.26. The van der Waals surface area contributed by atoms with E-state index in [9.17, 15) is 9.59 Å². The van der Waals surface area contributed by atoms with Crippen LogP contribution in [0.5, 0.6) is 0 Å². The first-order valence-electron chi connectivity index (χ1n) is 4.60. The summed E-state index contributed by atoms with van der Waals surface area (Å²) in [6.07, 6.45) is 0. The molecule has 0 bridgehead atoms. The van der Waals surface area contributed by atoms with Crippen molar-refractivity contribution in [1.29, 1.82) is 0 Å². The minimum Gasteiger partial charge on any atom is -0.336 e. The Kier molecular flexibility index (Phi) is 4.30. The Bertz CT molecular complexity index is 371. The van der Waals surface area contributed by atoms with Gasteiger partial charge < -0.3 is 4.90 Å². The summed E-state index contributed by atoms with van der Waals surface area (Å²) >= 11 is 5.56. The van der Waals surface area contributed by atoms with Gasteiger partial charge in [-0.1, -0.05) is 0 Å². The Balaban J connectivity index is 2.82. The van der Waals surface area contributed by atoms with Gasteiger partial charge in [0.1, 0.15) is 5.69 Å². The Hall–Kier alpha value is -1.36. The Morgan fingerprint density at radius 2 is 2.33 bits per heavy atom. The second-order valence-corrected chi connectivity index (χ2v) is 3.26. The molecule has 1 rings (SSSR count). The third-order valence-electron chi connectivity index (χ3n) is 1.92. The van der Waals surface area contributed by atoms with E-state index in [-0.39, 0.29) is 17.2 Å². The number of carbonyl (C=O) groups is 1. The normalized spacial score (nSPS) is 10.0. The van der Waals surface area contributed by atoms with Crippen molar-refractivity contribution in [3.63, 3.8) is 0 Å². The number of hydrogen-bond donors (Lipinski definition) is 1. The quantitative estimate of drug-likeness (QED) is 0.764. The van der Waals surface area contributed by atoms with Crippen LogP contribution in [-0.2, 0) is 0 Å². The third kappa shape index (κ3) is 3.06. The zero-order valence-electron chi connectivity index (χ0n) is 8.36. The fourth-order valence-electron chi connectivity index (χ4n) is 1.13. The summed E-state index contributed by atoms with van der Waals surface area (Å²) in [6.45, 7) is 2.89. The van der Waals surface area contributed by atoms with E-state index in [0.717, 1.165) is 0 Å². The van der Waals surface area contributed by atoms with E-state index in [1.54, 1.807) is 4.90 Å². The smallest absolute Gasteiger partial charge is 0.274 e. The van der Waals surface area contributed by atoms with Crippen LogP contribution in [0.25, 0.3) is 0 Å². The second kappa shape index (κ2) is 5.50. The van der Waals surface area contributed by atoms with Crippen LogP contribution in [0.15, 0.2) is 16.9 Å². The highest BCUT2D eigenvalue weighted by molar-refractivity contribution is 6.18. The molecule has 0 fully saturated rings. The average molecular weight is 230 g/mol. The van der Waals surface area contributed by atoms with Gasteiger partial charge >= 0.3 is 0 Å². The van der Waals surface area contributed by atoms with E-state index in [0.29, 0.717) is 19.0 Å². The van der Waals surface area contributed by atoms with E-state index in [2.05, 4.69) is 10.2 Å². The highest BCUT2D eigenvalue weighted by atomic mass is 35.5. The number of hydrogen-bond acceptors (Lipinski definition) is 3. The predicted molar refractivity (Wildman–Crippen MR) is 57.2 cm³/mol. The van der Waals surface area contributed by atoms with Gasteiger partial charge in [0.15, 0.2) is 0 Å². The van der Waals surface area contributed by atoms with Crippen LogP contribution in [0.3, 0.4) is 0 Å². The lowest BCUT2D eigenvalue weighted by atomic mass is 10.3. The van der Waals surface area contributed by atoms with Crippen molar-refractivity contribution in [2.45, 2.75) is 6.92 Å². The maximum absolute atomic E-state index is 11.8. The molecule has 1 aromatic heterocycles. The lowest BCUT2D eigenvalue weighted by Gasteiger charge is -2.18. The predicted octanol–water partition coefficient (Wildman–Crippen LogP) is 0.471. The summed E-state index contributed by atoms with van der Waals surface area (Å²) < 4.78 is 0. The summed E-state index contributed by atoms with van der Waals surface area (Å²) in [5.74, 6) is 0.151. The molecule has 0 aliphatic heterocycles. The highest BCUT2D eigenvalue weighted by Crippen LogP contribution is 1.99. The van der Waals surface area contributed by atoms with Gasteiger partial charge in [-0.15, -0.1) is 11.6 Å². The minimum atomic E-state index is -0.327. The van der Waals surface area contributed by atoms with Crippen molar-refractivity contribution in [3.8, 4) is 0 Å². The standard InChI is InChI=1S/C9H12ClN3O2/c1-2-13(6-5-10)9(15)7-3-4-8(14)12-11-7/h3-4H,2,5-6H2,1H3,(H,12,14). The molecule has 0 atom stereocenters. The third-order valence-corrected chi connectivity index (χ3v) is 2.09. The summed E-state index contributed by atoms with van der Waals surface area (Å²) in [4.78, 5) is 24.1. The fourth-order valence-corrected chi connectivity index (χ4v) is 1.33. The van der Waals surface area contributed by atoms with Crippen LogP contribution >= 0.6 is 11.6 Å². The Morgan fingerprint density at radius 3 is 2.80 bits per heavy atom. The van der Waals surface area contributed by atoms with Crippen LogP contribution in [0.2, 0.25) is 0 Å². The van der Waals surface area contributed by atoms with E-state index in [4.69, 9.17) is 11.6 Å². The molecule has 1 aromatic rings. The van der Waals surface area contributed by atoms with E-state index >= 15 is 0 Å². The van der Waals surface area contributed by atoms with E-state index in [1.807, 2.05) is 6.92 Å². The van der Waals surface area contributed by atoms with Crippen molar-refractivity contribution in [2.75, 3.05) is 19.0 Å². The van der Waals surface area contributed by atoms with Crippen molar-refractivity contribution in [1.82, 2.24) is 15.1 Å². The monoisotopic (exact) mass is 229 g/mol. The number of aromatic amines is 1. The van der Waals surface area contributed by atoms with Gasteiger partial charge in [-0.3, -0.25) is 9.59 Å². The maximum Gasteiger partial charge on any atom is 0.274 e. The summed E-state index contributed by atoms with van der Waals surface area (Å²) in [7, 11) is 0. The molecule has 0 aliphatic carbocycles. The summed E-state index contributed by atoms with van der Waals surface area (Å²) in [6, 6.07) is 2.67. The van der Waals surface area contributed by atoms with Crippen LogP contribution in [-0.4, -0.2) is 40.0 Å². The molecular formula is C9H12ClN3O2. The van der Waals surface area contributed by atoms with Crippen LogP contribution in [0, 0.1) is 0 Å². The Morgan fingerprint density at radius 1 is 1.60 bits per heavy atom. The van der Waals surface area contributed by atoms with Gasteiger partial charge in [-0.05, 0) is 13.0 Å². The van der Waals surface area contributed by atoms with Crippen LogP contribution in [0.1, 0.15) is 17.4 Å². The molecule has 0 aromatic carbocycles. The van der Waals surface area contributed by atoms with Crippen molar-refractivity contribution >= 4 is 17.5 Å². The second-order valence-electron chi connectivity index (χ2n) is 2.88. The number of halogens is 1. The number of nitrogens with one attached hydrogen (secondary N) is 1. The molecule has 0 saturated carbocycles. The lowest BCUT2D eigenvalue weighted by Crippen LogP contribution is -2.33. The van der Waals surface area contributed by atoms with Gasteiger partial charge in [-0.2, -0.15) is 5.10 Å². The lowest BCUT2D eigenvalue weighted by molar-refractivity contribution is 0.0767. The topological polar surface area (TPSA) is 66.1 Å². The summed E-state index contributed by atoms with van der Waals surface area (Å²) in [5.41, 5.74) is -0.103. The zero-order valence-corrected chi connectivity index (χ0v) is 9.12. The first kappa shape index (κ1) is 11.7. The van der Waals surface area contributed by atoms with Gasteiger partial charge in [0.25, 0.3) is 11.5 Å². The van der Waals surface area contributed by atoms with Gasteiger partial charge in [0.05, 0.1) is 0 Å². The molecule has 1 N–H and O–H groups in total. The zero-order chi connectivity index (χ0) is 11.3. The molecule has 15 heavy (non-hydrogen) atoms. The molecule has 0 unspecified atom stereocenters. The van der Waals surface area contributed by atoms with Crippen molar-refractivity contribution in [3.05, 3.63) is 28.2 Å².